The Balaban J connectivity index is 3.82. The van der Waals surface area contributed by atoms with Crippen LogP contribution < -0.4 is 5.73 Å². The summed E-state index contributed by atoms with van der Waals surface area (Å²) in [5.74, 6) is 0. The van der Waals surface area contributed by atoms with Crippen molar-refractivity contribution in [3.05, 3.63) is 0 Å². The fraction of sp³-hybridized carbons (Fsp3) is 1.00. The molecule has 0 heterocycles. The third kappa shape index (κ3) is 4.70. The molecule has 0 bridgehead atoms. The van der Waals surface area contributed by atoms with Crippen LogP contribution in [0.25, 0.3) is 0 Å². The van der Waals surface area contributed by atoms with E-state index in [1.54, 1.807) is 7.11 Å². The van der Waals surface area contributed by atoms with E-state index in [-0.39, 0.29) is 11.2 Å². The van der Waals surface area contributed by atoms with E-state index in [0.29, 0.717) is 13.2 Å². The Bertz CT molecular complexity index is 116. The molecule has 0 aromatic heterocycles. The van der Waals surface area contributed by atoms with Gasteiger partial charge >= 0.3 is 0 Å². The summed E-state index contributed by atoms with van der Waals surface area (Å²) in [5, 5.41) is 0. The van der Waals surface area contributed by atoms with E-state index in [9.17, 15) is 0 Å². The number of methoxy groups -OCH3 is 1. The number of nitrogens with two attached hydrogens (primary N) is 1. The van der Waals surface area contributed by atoms with Gasteiger partial charge in [-0.2, -0.15) is 0 Å². The lowest BCUT2D eigenvalue weighted by molar-refractivity contribution is -0.102. The number of hydrogen-bond acceptors (Lipinski definition) is 3. The van der Waals surface area contributed by atoms with Gasteiger partial charge in [0.2, 0.25) is 0 Å². The molecule has 74 valence electrons. The van der Waals surface area contributed by atoms with E-state index in [1.807, 2.05) is 27.7 Å². The van der Waals surface area contributed by atoms with Crippen LogP contribution >= 0.6 is 0 Å². The van der Waals surface area contributed by atoms with Gasteiger partial charge in [-0.15, -0.1) is 0 Å². The molecule has 0 aliphatic heterocycles. The average Bonchev–Trinajstić information content (AvgIpc) is 2.02. The van der Waals surface area contributed by atoms with Crippen LogP contribution in [0.3, 0.4) is 0 Å². The SMILES string of the molecule is COC(C)(C)COC(C)(C)CN. The molecule has 0 aromatic carbocycles. The maximum absolute atomic E-state index is 5.58. The second-order valence-corrected chi connectivity index (χ2v) is 4.22. The zero-order valence-corrected chi connectivity index (χ0v) is 8.81. The molecule has 0 aliphatic carbocycles. The third-order valence-corrected chi connectivity index (χ3v) is 1.85. The largest absolute Gasteiger partial charge is 0.376 e. The fourth-order valence-corrected chi connectivity index (χ4v) is 0.487. The number of ether oxygens (including phenoxy) is 2. The Kier molecular flexibility index (Phi) is 4.17. The zero-order valence-electron chi connectivity index (χ0n) is 8.81. The predicted octanol–water partition coefficient (Wildman–Crippen LogP) is 1.17. The molecular formula is C9H21NO2. The van der Waals surface area contributed by atoms with Gasteiger partial charge < -0.3 is 15.2 Å². The molecule has 0 atom stereocenters. The molecule has 0 fully saturated rings. The minimum atomic E-state index is -0.254. The van der Waals surface area contributed by atoms with Crippen molar-refractivity contribution in [3.8, 4) is 0 Å². The van der Waals surface area contributed by atoms with Crippen molar-refractivity contribution < 1.29 is 9.47 Å². The van der Waals surface area contributed by atoms with Crippen LogP contribution in [0.4, 0.5) is 0 Å². The maximum Gasteiger partial charge on any atom is 0.0855 e. The molecule has 3 nitrogen and oxygen atoms in total. The van der Waals surface area contributed by atoms with E-state index in [2.05, 4.69) is 0 Å². The highest BCUT2D eigenvalue weighted by Crippen LogP contribution is 2.13. The molecule has 0 rings (SSSR count). The van der Waals surface area contributed by atoms with E-state index >= 15 is 0 Å². The maximum atomic E-state index is 5.58. The van der Waals surface area contributed by atoms with E-state index in [0.717, 1.165) is 0 Å². The molecule has 0 aliphatic rings. The smallest absolute Gasteiger partial charge is 0.0855 e. The fourth-order valence-electron chi connectivity index (χ4n) is 0.487. The monoisotopic (exact) mass is 175 g/mol. The molecule has 0 amide bonds. The summed E-state index contributed by atoms with van der Waals surface area (Å²) in [6.07, 6.45) is 0. The Hall–Kier alpha value is -0.120. The molecule has 0 saturated carbocycles. The molecule has 0 saturated heterocycles. The summed E-state index contributed by atoms with van der Waals surface area (Å²) in [5.41, 5.74) is 5.03. The summed E-state index contributed by atoms with van der Waals surface area (Å²) >= 11 is 0. The molecular weight excluding hydrogens is 154 g/mol. The van der Waals surface area contributed by atoms with Gasteiger partial charge in [0.1, 0.15) is 0 Å². The molecule has 2 N–H and O–H groups in total. The summed E-state index contributed by atoms with van der Waals surface area (Å²) in [6.45, 7) is 9.00. The number of hydrogen-bond donors (Lipinski definition) is 1. The van der Waals surface area contributed by atoms with Crippen molar-refractivity contribution in [1.82, 2.24) is 0 Å². The zero-order chi connectivity index (χ0) is 9.83. The quantitative estimate of drug-likeness (QED) is 0.682. The molecule has 0 radical (unpaired) electrons. The molecule has 3 heteroatoms. The van der Waals surface area contributed by atoms with Gasteiger partial charge in [-0.1, -0.05) is 0 Å². The average molecular weight is 175 g/mol. The summed E-state index contributed by atoms with van der Waals surface area (Å²) in [7, 11) is 1.68. The minimum Gasteiger partial charge on any atom is -0.376 e. The highest BCUT2D eigenvalue weighted by atomic mass is 16.5. The van der Waals surface area contributed by atoms with E-state index in [1.165, 1.54) is 0 Å². The van der Waals surface area contributed by atoms with Crippen LogP contribution in [0, 0.1) is 0 Å². The standard InChI is InChI=1S/C9H21NO2/c1-8(2,6-10)12-7-9(3,4)11-5/h6-7,10H2,1-5H3. The second kappa shape index (κ2) is 4.21. The van der Waals surface area contributed by atoms with Crippen molar-refractivity contribution in [2.75, 3.05) is 20.3 Å². The molecule has 0 aromatic rings. The van der Waals surface area contributed by atoms with Crippen LogP contribution in [-0.4, -0.2) is 31.5 Å². The molecule has 12 heavy (non-hydrogen) atoms. The lowest BCUT2D eigenvalue weighted by Gasteiger charge is -2.30. The normalized spacial score (nSPS) is 13.5. The Morgan fingerprint density at radius 3 is 1.92 bits per heavy atom. The Morgan fingerprint density at radius 2 is 1.58 bits per heavy atom. The van der Waals surface area contributed by atoms with Gasteiger partial charge in [-0.05, 0) is 27.7 Å². The minimum absolute atomic E-state index is 0.230. The van der Waals surface area contributed by atoms with Crippen molar-refractivity contribution in [1.29, 1.82) is 0 Å². The Morgan fingerprint density at radius 1 is 1.08 bits per heavy atom. The summed E-state index contributed by atoms with van der Waals surface area (Å²) in [4.78, 5) is 0. The second-order valence-electron chi connectivity index (χ2n) is 4.22. The van der Waals surface area contributed by atoms with Crippen molar-refractivity contribution in [2.24, 2.45) is 5.73 Å². The third-order valence-electron chi connectivity index (χ3n) is 1.85. The first kappa shape index (κ1) is 11.9. The topological polar surface area (TPSA) is 44.5 Å². The van der Waals surface area contributed by atoms with Gasteiger partial charge in [0.15, 0.2) is 0 Å². The number of rotatable bonds is 5. The van der Waals surface area contributed by atoms with E-state index < -0.39 is 0 Å². The van der Waals surface area contributed by atoms with Crippen LogP contribution in [0.2, 0.25) is 0 Å². The van der Waals surface area contributed by atoms with Crippen LogP contribution in [-0.2, 0) is 9.47 Å². The summed E-state index contributed by atoms with van der Waals surface area (Å²) in [6, 6.07) is 0. The van der Waals surface area contributed by atoms with Crippen LogP contribution in [0.5, 0.6) is 0 Å². The van der Waals surface area contributed by atoms with Gasteiger partial charge in [0.25, 0.3) is 0 Å². The van der Waals surface area contributed by atoms with Gasteiger partial charge in [0.05, 0.1) is 17.8 Å². The lowest BCUT2D eigenvalue weighted by atomic mass is 10.1. The van der Waals surface area contributed by atoms with Crippen molar-refractivity contribution >= 4 is 0 Å². The first-order valence-corrected chi connectivity index (χ1v) is 4.22. The van der Waals surface area contributed by atoms with Crippen LogP contribution in [0.15, 0.2) is 0 Å². The first-order valence-electron chi connectivity index (χ1n) is 4.22. The highest BCUT2D eigenvalue weighted by molar-refractivity contribution is 4.73. The van der Waals surface area contributed by atoms with Gasteiger partial charge in [0, 0.05) is 13.7 Å². The Labute approximate surface area is 75.2 Å². The highest BCUT2D eigenvalue weighted by Gasteiger charge is 2.23. The predicted molar refractivity (Wildman–Crippen MR) is 50.2 cm³/mol. The van der Waals surface area contributed by atoms with Crippen molar-refractivity contribution in [2.45, 2.75) is 38.9 Å². The lowest BCUT2D eigenvalue weighted by Crippen LogP contribution is -2.40. The van der Waals surface area contributed by atoms with Gasteiger partial charge in [-0.3, -0.25) is 0 Å². The van der Waals surface area contributed by atoms with E-state index in [4.69, 9.17) is 15.2 Å². The first-order chi connectivity index (χ1) is 5.33. The van der Waals surface area contributed by atoms with Crippen molar-refractivity contribution in [3.63, 3.8) is 0 Å². The summed E-state index contributed by atoms with van der Waals surface area (Å²) < 4.78 is 10.8. The van der Waals surface area contributed by atoms with Crippen LogP contribution in [0.1, 0.15) is 27.7 Å². The molecule has 0 spiro atoms. The molecule has 0 unspecified atom stereocenters. The van der Waals surface area contributed by atoms with Gasteiger partial charge in [-0.25, -0.2) is 0 Å².